The van der Waals surface area contributed by atoms with Crippen molar-refractivity contribution in [2.24, 2.45) is 0 Å². The van der Waals surface area contributed by atoms with E-state index in [1.165, 1.54) is 0 Å². The first kappa shape index (κ1) is 33.2. The summed E-state index contributed by atoms with van der Waals surface area (Å²) in [4.78, 5) is 81.4. The number of H-pyrrole nitrogens is 2. The highest BCUT2D eigenvalue weighted by Crippen LogP contribution is 2.49. The zero-order valence-electron chi connectivity index (χ0n) is 34.2. The molecule has 7 aromatic rings. The molecule has 0 fully saturated rings. The van der Waals surface area contributed by atoms with Gasteiger partial charge in [0.25, 0.3) is 0 Å². The van der Waals surface area contributed by atoms with E-state index in [1.54, 1.807) is 0 Å². The molecule has 12 aliphatic carbocycles. The predicted molar refractivity (Wildman–Crippen MR) is 234 cm³/mol. The zero-order chi connectivity index (χ0) is 41.1. The lowest BCUT2D eigenvalue weighted by molar-refractivity contribution is 0.527. The minimum atomic E-state index is 0.193. The fourth-order valence-corrected chi connectivity index (χ4v) is 12.3. The first-order valence-electron chi connectivity index (χ1n) is 22.8. The van der Waals surface area contributed by atoms with Gasteiger partial charge in [0, 0.05) is 47.3 Å². The molecule has 7 aromatic heterocycles. The molecule has 0 amide bonds. The minimum absolute atomic E-state index is 0.193. The number of hydrogen-bond donors (Lipinski definition) is 2. The van der Waals surface area contributed by atoms with E-state index in [0.717, 1.165) is 96.9 Å². The monoisotopic (exact) mass is 834 g/mol. The van der Waals surface area contributed by atoms with Crippen molar-refractivity contribution in [3.05, 3.63) is 94.2 Å². The number of nitrogens with one attached hydrogen (secondary N) is 2. The highest BCUT2D eigenvalue weighted by atomic mass is 15.1. The van der Waals surface area contributed by atoms with Crippen LogP contribution in [0.15, 0.2) is 48.6 Å². The summed E-state index contributed by atoms with van der Waals surface area (Å²) in [6, 6.07) is 0. The molecule has 306 valence electrons. The second kappa shape index (κ2) is 11.4. The van der Waals surface area contributed by atoms with Crippen molar-refractivity contribution < 1.29 is 0 Å². The van der Waals surface area contributed by atoms with Gasteiger partial charge in [-0.25, -0.2) is 69.8 Å². The number of fused-ring (bicyclic) bond motifs is 24. The van der Waals surface area contributed by atoms with Crippen LogP contribution in [0.5, 0.6) is 0 Å². The number of allylic oxidation sites excluding steroid dienone is 8. The molecule has 2 aliphatic heterocycles. The Morgan fingerprint density at radius 2 is 0.453 bits per heavy atom. The van der Waals surface area contributed by atoms with E-state index in [0.29, 0.717) is 90.7 Å². The molecule has 16 nitrogen and oxygen atoms in total. The summed E-state index contributed by atoms with van der Waals surface area (Å²) >= 11 is 0. The molecule has 0 spiro atoms. The Balaban J connectivity index is 1.02. The predicted octanol–water partition coefficient (Wildman–Crippen LogP) is 8.15. The second-order valence-corrected chi connectivity index (χ2v) is 19.1. The molecular weight excluding hydrogens is 801 g/mol. The molecule has 21 rings (SSSR count). The molecule has 8 atom stereocenters. The maximum Gasteiger partial charge on any atom is 0.184 e. The van der Waals surface area contributed by atoms with Gasteiger partial charge in [0.2, 0.25) is 0 Å². The summed E-state index contributed by atoms with van der Waals surface area (Å²) in [6.45, 7) is 0. The van der Waals surface area contributed by atoms with Gasteiger partial charge < -0.3 is 9.97 Å². The fraction of sp³-hybridized carbons (Fsp3) is 0.333. The van der Waals surface area contributed by atoms with E-state index in [4.69, 9.17) is 69.8 Å². The largest absolute Gasteiger partial charge is 0.321 e. The number of aromatic amines is 2. The van der Waals surface area contributed by atoms with Crippen LogP contribution in [0.2, 0.25) is 0 Å². The summed E-state index contributed by atoms with van der Waals surface area (Å²) in [5.74, 6) is 3.12. The normalized spacial score (nSPS) is 27.2. The molecule has 8 unspecified atom stereocenters. The number of nitrogens with zero attached hydrogens (tertiary/aromatic N) is 14. The lowest BCUT2D eigenvalue weighted by atomic mass is 9.76. The Hall–Kier alpha value is -7.36. The Labute approximate surface area is 362 Å². The number of rotatable bonds is 0. The minimum Gasteiger partial charge on any atom is -0.321 e. The van der Waals surface area contributed by atoms with Gasteiger partial charge in [-0.3, -0.25) is 0 Å². The van der Waals surface area contributed by atoms with Crippen molar-refractivity contribution in [3.8, 4) is 46.1 Å². The average Bonchev–Trinajstić information content (AvgIpc) is 4.08. The van der Waals surface area contributed by atoms with Crippen LogP contribution in [0.1, 0.15) is 144 Å². The lowest BCUT2D eigenvalue weighted by Crippen LogP contribution is -2.21. The van der Waals surface area contributed by atoms with Crippen LogP contribution in [0.25, 0.3) is 90.7 Å². The maximum atomic E-state index is 5.36. The van der Waals surface area contributed by atoms with Crippen LogP contribution in [0.4, 0.5) is 0 Å². The van der Waals surface area contributed by atoms with Crippen LogP contribution in [0, 0.1) is 0 Å². The van der Waals surface area contributed by atoms with Gasteiger partial charge in [0.1, 0.15) is 44.8 Å². The third-order valence-electron chi connectivity index (χ3n) is 15.6. The van der Waals surface area contributed by atoms with Crippen LogP contribution in [0.3, 0.4) is 0 Å². The topological polar surface area (TPSA) is 212 Å². The van der Waals surface area contributed by atoms with Crippen LogP contribution in [-0.2, 0) is 0 Å². The molecule has 0 saturated heterocycles. The molecule has 2 N–H and O–H groups in total. The molecule has 64 heavy (non-hydrogen) atoms. The Morgan fingerprint density at radius 3 is 0.656 bits per heavy atom. The van der Waals surface area contributed by atoms with Crippen LogP contribution in [-0.4, -0.2) is 79.7 Å². The van der Waals surface area contributed by atoms with Crippen molar-refractivity contribution >= 4 is 44.7 Å². The molecule has 14 aliphatic rings. The summed E-state index contributed by atoms with van der Waals surface area (Å²) in [7, 11) is 0. The van der Waals surface area contributed by atoms with Gasteiger partial charge in [0.15, 0.2) is 45.9 Å². The van der Waals surface area contributed by atoms with Crippen molar-refractivity contribution in [3.63, 3.8) is 0 Å². The molecule has 0 radical (unpaired) electrons. The molecule has 9 heterocycles. The van der Waals surface area contributed by atoms with Crippen LogP contribution < -0.4 is 0 Å². The van der Waals surface area contributed by atoms with E-state index < -0.39 is 0 Å². The summed E-state index contributed by atoms with van der Waals surface area (Å²) in [5, 5.41) is 0. The highest BCUT2D eigenvalue weighted by Gasteiger charge is 2.39. The SMILES string of the molecule is C1=CC2CCC1c1nc3c(nc12)-c1nc-3nc2[nH]c(nc3nc(nc4[nH]c(n1)c1nc5c(nc41)C1C=CC5CC1)-c1nc4c(nc1-3)C1C=CC4CC1)c1nc3c(nc21)C1C=CC3CC1. The highest BCUT2D eigenvalue weighted by molar-refractivity contribution is 6.01. The van der Waals surface area contributed by atoms with Gasteiger partial charge >= 0.3 is 0 Å². The molecule has 0 saturated carbocycles. The van der Waals surface area contributed by atoms with E-state index in [2.05, 4.69) is 58.6 Å². The standard InChI is InChI=1S/C48H34N16/c1-2-18-4-3-17(1)25-26(18)50-34-33(49-25)41-57-42(34)62-44-37-38(54-30-22-11-9-21(10-12-22)29(30)53-37)46(59-44)64-48-40-39(55-31-23-13-15-24(16-14-23)32(31)56-40)47(60-48)63-45-36-35(43(58-45)61-41)51-27-19-5-7-20(8-6-19)28(27)52-36/h1-2,5,7,9,11,13,15,17-24H,3-4,6,8,10,12,14,16H2,(H2,57,58,59,60,61,62,63,64). The van der Waals surface area contributed by atoms with Gasteiger partial charge in [0.05, 0.1) is 45.6 Å². The lowest BCUT2D eigenvalue weighted by Gasteiger charge is -2.31. The zero-order valence-corrected chi connectivity index (χ0v) is 34.2. The van der Waals surface area contributed by atoms with Gasteiger partial charge in [-0.2, -0.15) is 0 Å². The Kier molecular flexibility index (Phi) is 5.93. The average molecular weight is 835 g/mol. The third-order valence-corrected chi connectivity index (χ3v) is 15.6. The Bertz CT molecular complexity index is 3260. The number of aromatic nitrogens is 16. The quantitative estimate of drug-likeness (QED) is 0.138. The maximum absolute atomic E-state index is 5.36. The van der Waals surface area contributed by atoms with E-state index in [-0.39, 0.29) is 47.3 Å². The molecule has 16 bridgehead atoms. The van der Waals surface area contributed by atoms with Crippen molar-refractivity contribution in [2.45, 2.75) is 98.7 Å². The van der Waals surface area contributed by atoms with E-state index in [9.17, 15) is 0 Å². The molecule has 0 aromatic carbocycles. The third kappa shape index (κ3) is 4.24. The molecular formula is C48H34N16. The van der Waals surface area contributed by atoms with Crippen molar-refractivity contribution in [1.29, 1.82) is 0 Å². The first-order valence-corrected chi connectivity index (χ1v) is 22.8. The summed E-state index contributed by atoms with van der Waals surface area (Å²) < 4.78 is 0. The van der Waals surface area contributed by atoms with E-state index in [1.807, 2.05) is 0 Å². The smallest absolute Gasteiger partial charge is 0.184 e. The summed E-state index contributed by atoms with van der Waals surface area (Å²) in [5.41, 5.74) is 14.6. The number of hydrogen-bond acceptors (Lipinski definition) is 14. The van der Waals surface area contributed by atoms with Gasteiger partial charge in [-0.05, 0) is 51.4 Å². The van der Waals surface area contributed by atoms with E-state index >= 15 is 0 Å². The molecule has 16 heteroatoms. The Morgan fingerprint density at radius 1 is 0.250 bits per heavy atom. The van der Waals surface area contributed by atoms with Crippen molar-refractivity contribution in [2.75, 3.05) is 0 Å². The second-order valence-electron chi connectivity index (χ2n) is 19.1. The van der Waals surface area contributed by atoms with Crippen LogP contribution >= 0.6 is 0 Å². The first-order chi connectivity index (χ1) is 31.6. The van der Waals surface area contributed by atoms with Gasteiger partial charge in [-0.1, -0.05) is 48.6 Å². The van der Waals surface area contributed by atoms with Crippen molar-refractivity contribution in [1.82, 2.24) is 79.7 Å². The summed E-state index contributed by atoms with van der Waals surface area (Å²) in [6.07, 6.45) is 26.5. The fourth-order valence-electron chi connectivity index (χ4n) is 12.3. The van der Waals surface area contributed by atoms with Gasteiger partial charge in [-0.15, -0.1) is 0 Å².